The van der Waals surface area contributed by atoms with Crippen molar-refractivity contribution in [2.24, 2.45) is 12.8 Å². The molecule has 4 nitrogen and oxygen atoms in total. The molecule has 0 saturated carbocycles. The van der Waals surface area contributed by atoms with Crippen LogP contribution in [0.25, 0.3) is 0 Å². The van der Waals surface area contributed by atoms with Crippen molar-refractivity contribution in [3.63, 3.8) is 0 Å². The number of hydrogen-bond acceptors (Lipinski definition) is 3. The Morgan fingerprint density at radius 3 is 2.65 bits per heavy atom. The van der Waals surface area contributed by atoms with Gasteiger partial charge >= 0.3 is 0 Å². The molecule has 4 heteroatoms. The highest BCUT2D eigenvalue weighted by atomic mass is 15.3. The average Bonchev–Trinajstić information content (AvgIpc) is 2.73. The van der Waals surface area contributed by atoms with Gasteiger partial charge in [0.2, 0.25) is 0 Å². The molecule has 1 aromatic rings. The van der Waals surface area contributed by atoms with Crippen molar-refractivity contribution in [2.75, 3.05) is 19.6 Å². The standard InChI is InChI=1S/C13H24N4/c1-3-12-11(10-16(2)15-12)13(9-14)17-7-5-4-6-8-17/h10,13H,3-9,14H2,1-2H3. The predicted octanol–water partition coefficient (Wildman–Crippen LogP) is 1.47. The first kappa shape index (κ1) is 12.6. The Bertz CT molecular complexity index is 352. The number of piperidine rings is 1. The highest BCUT2D eigenvalue weighted by Gasteiger charge is 2.24. The van der Waals surface area contributed by atoms with Crippen LogP contribution in [0.15, 0.2) is 6.20 Å². The summed E-state index contributed by atoms with van der Waals surface area (Å²) in [6.07, 6.45) is 7.10. The first-order chi connectivity index (χ1) is 8.26. The second kappa shape index (κ2) is 5.65. The molecule has 0 bridgehead atoms. The molecule has 1 unspecified atom stereocenters. The third-order valence-corrected chi connectivity index (χ3v) is 3.69. The van der Waals surface area contributed by atoms with Gasteiger partial charge in [0.05, 0.1) is 11.7 Å². The van der Waals surface area contributed by atoms with Crippen molar-refractivity contribution < 1.29 is 0 Å². The summed E-state index contributed by atoms with van der Waals surface area (Å²) < 4.78 is 1.92. The van der Waals surface area contributed by atoms with E-state index < -0.39 is 0 Å². The van der Waals surface area contributed by atoms with Gasteiger partial charge in [-0.25, -0.2) is 0 Å². The summed E-state index contributed by atoms with van der Waals surface area (Å²) in [5, 5.41) is 4.53. The van der Waals surface area contributed by atoms with E-state index in [1.165, 1.54) is 43.6 Å². The summed E-state index contributed by atoms with van der Waals surface area (Å²) >= 11 is 0. The van der Waals surface area contributed by atoms with Crippen LogP contribution in [0.1, 0.15) is 43.5 Å². The van der Waals surface area contributed by atoms with E-state index in [1.807, 2.05) is 11.7 Å². The van der Waals surface area contributed by atoms with Gasteiger partial charge in [-0.3, -0.25) is 9.58 Å². The van der Waals surface area contributed by atoms with E-state index in [1.54, 1.807) is 0 Å². The van der Waals surface area contributed by atoms with E-state index in [0.717, 1.165) is 6.42 Å². The molecular weight excluding hydrogens is 212 g/mol. The van der Waals surface area contributed by atoms with Gasteiger partial charge in [-0.05, 0) is 32.4 Å². The molecule has 1 aliphatic rings. The molecule has 0 amide bonds. The fourth-order valence-electron chi connectivity index (χ4n) is 2.81. The van der Waals surface area contributed by atoms with Crippen molar-refractivity contribution >= 4 is 0 Å². The molecule has 1 aliphatic heterocycles. The highest BCUT2D eigenvalue weighted by Crippen LogP contribution is 2.26. The van der Waals surface area contributed by atoms with E-state index in [4.69, 9.17) is 5.73 Å². The minimum atomic E-state index is 0.360. The molecule has 0 radical (unpaired) electrons. The minimum Gasteiger partial charge on any atom is -0.329 e. The lowest BCUT2D eigenvalue weighted by Gasteiger charge is -2.33. The van der Waals surface area contributed by atoms with Gasteiger partial charge in [0.1, 0.15) is 0 Å². The Balaban J connectivity index is 2.20. The van der Waals surface area contributed by atoms with Crippen molar-refractivity contribution in [3.8, 4) is 0 Å². The lowest BCUT2D eigenvalue weighted by atomic mass is 10.0. The summed E-state index contributed by atoms with van der Waals surface area (Å²) in [4.78, 5) is 2.53. The molecule has 1 atom stereocenters. The average molecular weight is 236 g/mol. The van der Waals surface area contributed by atoms with E-state index in [-0.39, 0.29) is 0 Å². The normalized spacial score (nSPS) is 19.5. The quantitative estimate of drug-likeness (QED) is 0.861. The number of rotatable bonds is 4. The van der Waals surface area contributed by atoms with Crippen LogP contribution in [0.2, 0.25) is 0 Å². The zero-order valence-electron chi connectivity index (χ0n) is 11.0. The second-order valence-electron chi connectivity index (χ2n) is 4.91. The lowest BCUT2D eigenvalue weighted by Crippen LogP contribution is -2.37. The first-order valence-corrected chi connectivity index (χ1v) is 6.72. The molecule has 1 aromatic heterocycles. The monoisotopic (exact) mass is 236 g/mol. The van der Waals surface area contributed by atoms with Gasteiger partial charge < -0.3 is 5.73 Å². The number of aryl methyl sites for hydroxylation is 2. The molecule has 0 spiro atoms. The van der Waals surface area contributed by atoms with Gasteiger partial charge in [-0.2, -0.15) is 5.10 Å². The number of aromatic nitrogens is 2. The number of hydrogen-bond donors (Lipinski definition) is 1. The van der Waals surface area contributed by atoms with Crippen LogP contribution in [0.5, 0.6) is 0 Å². The fourth-order valence-corrected chi connectivity index (χ4v) is 2.81. The number of nitrogens with two attached hydrogens (primary N) is 1. The minimum absolute atomic E-state index is 0.360. The topological polar surface area (TPSA) is 47.1 Å². The van der Waals surface area contributed by atoms with E-state index in [0.29, 0.717) is 12.6 Å². The van der Waals surface area contributed by atoms with Crippen molar-refractivity contribution in [1.82, 2.24) is 14.7 Å². The molecule has 0 aliphatic carbocycles. The SMILES string of the molecule is CCc1nn(C)cc1C(CN)N1CCCCC1. The van der Waals surface area contributed by atoms with Gasteiger partial charge in [0.15, 0.2) is 0 Å². The van der Waals surface area contributed by atoms with Crippen LogP contribution in [-0.4, -0.2) is 34.3 Å². The van der Waals surface area contributed by atoms with Crippen LogP contribution in [0.4, 0.5) is 0 Å². The van der Waals surface area contributed by atoms with Crippen LogP contribution in [-0.2, 0) is 13.5 Å². The van der Waals surface area contributed by atoms with E-state index in [2.05, 4.69) is 23.1 Å². The molecular formula is C13H24N4. The first-order valence-electron chi connectivity index (χ1n) is 6.72. The van der Waals surface area contributed by atoms with E-state index >= 15 is 0 Å². The molecule has 2 rings (SSSR count). The fraction of sp³-hybridized carbons (Fsp3) is 0.769. The Hall–Kier alpha value is -0.870. The van der Waals surface area contributed by atoms with Gasteiger partial charge in [-0.15, -0.1) is 0 Å². The summed E-state index contributed by atoms with van der Waals surface area (Å²) in [6, 6.07) is 0.360. The molecule has 2 N–H and O–H groups in total. The predicted molar refractivity (Wildman–Crippen MR) is 69.8 cm³/mol. The largest absolute Gasteiger partial charge is 0.329 e. The van der Waals surface area contributed by atoms with Crippen LogP contribution in [0, 0.1) is 0 Å². The highest BCUT2D eigenvalue weighted by molar-refractivity contribution is 5.22. The Morgan fingerprint density at radius 1 is 1.35 bits per heavy atom. The third-order valence-electron chi connectivity index (χ3n) is 3.69. The molecule has 2 heterocycles. The molecule has 96 valence electrons. The van der Waals surface area contributed by atoms with Gasteiger partial charge in [-0.1, -0.05) is 13.3 Å². The maximum atomic E-state index is 5.99. The molecule has 17 heavy (non-hydrogen) atoms. The van der Waals surface area contributed by atoms with Gasteiger partial charge in [0, 0.05) is 25.4 Å². The zero-order chi connectivity index (χ0) is 12.3. The van der Waals surface area contributed by atoms with Crippen molar-refractivity contribution in [2.45, 2.75) is 38.6 Å². The second-order valence-corrected chi connectivity index (χ2v) is 4.91. The molecule has 1 fully saturated rings. The third kappa shape index (κ3) is 2.69. The summed E-state index contributed by atoms with van der Waals surface area (Å²) in [6.45, 7) is 5.22. The smallest absolute Gasteiger partial charge is 0.0670 e. The molecule has 1 saturated heterocycles. The summed E-state index contributed by atoms with van der Waals surface area (Å²) in [7, 11) is 1.99. The Morgan fingerprint density at radius 2 is 2.06 bits per heavy atom. The van der Waals surface area contributed by atoms with Crippen molar-refractivity contribution in [3.05, 3.63) is 17.5 Å². The van der Waals surface area contributed by atoms with Crippen LogP contribution < -0.4 is 5.73 Å². The number of nitrogens with zero attached hydrogens (tertiary/aromatic N) is 3. The maximum Gasteiger partial charge on any atom is 0.0670 e. The number of likely N-dealkylation sites (tertiary alicyclic amines) is 1. The molecule has 0 aromatic carbocycles. The Labute approximate surface area is 104 Å². The summed E-state index contributed by atoms with van der Waals surface area (Å²) in [5.74, 6) is 0. The van der Waals surface area contributed by atoms with Crippen LogP contribution >= 0.6 is 0 Å². The lowest BCUT2D eigenvalue weighted by molar-refractivity contribution is 0.167. The zero-order valence-corrected chi connectivity index (χ0v) is 11.0. The maximum absolute atomic E-state index is 5.99. The Kier molecular flexibility index (Phi) is 4.18. The summed E-state index contributed by atoms with van der Waals surface area (Å²) in [5.41, 5.74) is 8.52. The van der Waals surface area contributed by atoms with Crippen LogP contribution in [0.3, 0.4) is 0 Å². The van der Waals surface area contributed by atoms with Crippen molar-refractivity contribution in [1.29, 1.82) is 0 Å². The van der Waals surface area contributed by atoms with E-state index in [9.17, 15) is 0 Å². The van der Waals surface area contributed by atoms with Gasteiger partial charge in [0.25, 0.3) is 0 Å².